The van der Waals surface area contributed by atoms with Crippen LogP contribution in [0.15, 0.2) is 36.5 Å². The van der Waals surface area contributed by atoms with Crippen LogP contribution in [-0.4, -0.2) is 24.9 Å². The minimum atomic E-state index is -0.413. The lowest BCUT2D eigenvalue weighted by Crippen LogP contribution is -2.00. The second-order valence-corrected chi connectivity index (χ2v) is 3.49. The summed E-state index contributed by atoms with van der Waals surface area (Å²) in [5, 5.41) is 20.8. The van der Waals surface area contributed by atoms with E-state index in [9.17, 15) is 9.50 Å². The molecule has 17 heavy (non-hydrogen) atoms. The first-order valence-corrected chi connectivity index (χ1v) is 4.91. The summed E-state index contributed by atoms with van der Waals surface area (Å²) in [7, 11) is 0. The van der Waals surface area contributed by atoms with E-state index in [-0.39, 0.29) is 17.3 Å². The van der Waals surface area contributed by atoms with Crippen molar-refractivity contribution in [1.29, 1.82) is 0 Å². The summed E-state index contributed by atoms with van der Waals surface area (Å²) in [5.74, 6) is -0.317. The molecule has 3 rings (SSSR count). The van der Waals surface area contributed by atoms with Gasteiger partial charge in [0.05, 0.1) is 17.3 Å². The van der Waals surface area contributed by atoms with Gasteiger partial charge in [-0.2, -0.15) is 5.10 Å². The van der Waals surface area contributed by atoms with Gasteiger partial charge in [0.2, 0.25) is 5.88 Å². The Labute approximate surface area is 95.2 Å². The number of hydrogen-bond donors (Lipinski definition) is 1. The predicted octanol–water partition coefficient (Wildman–Crippen LogP) is 1.64. The average Bonchev–Trinajstić information content (AvgIpc) is 2.70. The maximum Gasteiger partial charge on any atom is 0.231 e. The molecule has 3 aromatic rings. The summed E-state index contributed by atoms with van der Waals surface area (Å²) in [6.07, 6.45) is 1.44. The van der Waals surface area contributed by atoms with Gasteiger partial charge in [-0.05, 0) is 12.1 Å². The smallest absolute Gasteiger partial charge is 0.231 e. The molecule has 1 aromatic carbocycles. The third-order valence-electron chi connectivity index (χ3n) is 2.38. The highest BCUT2D eigenvalue weighted by atomic mass is 19.1. The molecule has 0 saturated heterocycles. The van der Waals surface area contributed by atoms with Gasteiger partial charge in [0.15, 0.2) is 5.82 Å². The van der Waals surface area contributed by atoms with Gasteiger partial charge in [0.1, 0.15) is 5.82 Å². The summed E-state index contributed by atoms with van der Waals surface area (Å²) in [6, 6.07) is 7.63. The van der Waals surface area contributed by atoms with Crippen LogP contribution >= 0.6 is 0 Å². The fourth-order valence-corrected chi connectivity index (χ4v) is 1.64. The van der Waals surface area contributed by atoms with Crippen LogP contribution in [0.25, 0.3) is 16.9 Å². The Balaban J connectivity index is 2.34. The molecule has 1 N–H and O–H groups in total. The van der Waals surface area contributed by atoms with Gasteiger partial charge in [-0.1, -0.05) is 12.1 Å². The second kappa shape index (κ2) is 3.51. The van der Waals surface area contributed by atoms with E-state index >= 15 is 0 Å². The van der Waals surface area contributed by atoms with Gasteiger partial charge in [0.25, 0.3) is 0 Å². The van der Waals surface area contributed by atoms with Crippen molar-refractivity contribution in [3.05, 3.63) is 42.3 Å². The van der Waals surface area contributed by atoms with Gasteiger partial charge in [-0.25, -0.2) is 8.91 Å². The molecule has 0 radical (unpaired) electrons. The first-order chi connectivity index (χ1) is 8.25. The molecule has 2 aromatic heterocycles. The normalized spacial score (nSPS) is 10.9. The number of rotatable bonds is 1. The Hall–Kier alpha value is -2.50. The molecular formula is C11H7FN4O. The molecular weight excluding hydrogens is 223 g/mol. The first-order valence-electron chi connectivity index (χ1n) is 4.91. The predicted molar refractivity (Wildman–Crippen MR) is 57.8 cm³/mol. The van der Waals surface area contributed by atoms with E-state index in [1.807, 2.05) is 0 Å². The van der Waals surface area contributed by atoms with E-state index in [1.165, 1.54) is 22.8 Å². The van der Waals surface area contributed by atoms with Crippen LogP contribution in [0.2, 0.25) is 0 Å². The van der Waals surface area contributed by atoms with Crippen LogP contribution in [0, 0.1) is 5.82 Å². The second-order valence-electron chi connectivity index (χ2n) is 3.49. The van der Waals surface area contributed by atoms with Crippen LogP contribution in [0.3, 0.4) is 0 Å². The monoisotopic (exact) mass is 230 g/mol. The standard InChI is InChI=1S/C11H7FN4O/c12-9-4-2-1-3-8(9)11-14-13-6-7-5-10(17)15-16(7)11/h1-6H,(H,15,17). The summed E-state index contributed by atoms with van der Waals surface area (Å²) >= 11 is 0. The number of aromatic hydroxyl groups is 1. The molecule has 0 amide bonds. The Morgan fingerprint density at radius 3 is 2.88 bits per heavy atom. The molecule has 84 valence electrons. The number of hydrogen-bond acceptors (Lipinski definition) is 4. The molecule has 0 atom stereocenters. The van der Waals surface area contributed by atoms with Crippen molar-refractivity contribution in [2.24, 2.45) is 0 Å². The van der Waals surface area contributed by atoms with Crippen molar-refractivity contribution < 1.29 is 9.50 Å². The number of aromatic nitrogens is 4. The third-order valence-corrected chi connectivity index (χ3v) is 2.38. The third kappa shape index (κ3) is 1.50. The lowest BCUT2D eigenvalue weighted by molar-refractivity contribution is 0.449. The Morgan fingerprint density at radius 2 is 2.06 bits per heavy atom. The van der Waals surface area contributed by atoms with Crippen molar-refractivity contribution in [3.63, 3.8) is 0 Å². The van der Waals surface area contributed by atoms with Crippen molar-refractivity contribution in [2.45, 2.75) is 0 Å². The Bertz CT molecular complexity index is 695. The minimum Gasteiger partial charge on any atom is -0.492 e. The molecule has 0 fully saturated rings. The molecule has 0 aliphatic heterocycles. The lowest BCUT2D eigenvalue weighted by atomic mass is 10.2. The largest absolute Gasteiger partial charge is 0.492 e. The lowest BCUT2D eigenvalue weighted by Gasteiger charge is -2.03. The van der Waals surface area contributed by atoms with Crippen LogP contribution in [-0.2, 0) is 0 Å². The molecule has 2 heterocycles. The zero-order valence-electron chi connectivity index (χ0n) is 8.58. The maximum atomic E-state index is 13.6. The summed E-state index contributed by atoms with van der Waals surface area (Å²) in [6.45, 7) is 0. The highest BCUT2D eigenvalue weighted by Gasteiger charge is 2.12. The zero-order valence-corrected chi connectivity index (χ0v) is 8.58. The van der Waals surface area contributed by atoms with Gasteiger partial charge in [0, 0.05) is 6.07 Å². The highest BCUT2D eigenvalue weighted by molar-refractivity contribution is 5.60. The fraction of sp³-hybridized carbons (Fsp3) is 0. The number of nitrogens with zero attached hydrogens (tertiary/aromatic N) is 4. The molecule has 0 bridgehead atoms. The molecule has 0 saturated carbocycles. The van der Waals surface area contributed by atoms with Gasteiger partial charge in [-0.15, -0.1) is 10.2 Å². The number of fused-ring (bicyclic) bond motifs is 1. The summed E-state index contributed by atoms with van der Waals surface area (Å²) in [4.78, 5) is 0. The molecule has 0 aliphatic rings. The molecule has 6 heteroatoms. The number of benzene rings is 1. The van der Waals surface area contributed by atoms with E-state index in [1.54, 1.807) is 18.2 Å². The molecule has 0 unspecified atom stereocenters. The van der Waals surface area contributed by atoms with E-state index in [0.717, 1.165) is 0 Å². The van der Waals surface area contributed by atoms with Gasteiger partial charge < -0.3 is 5.11 Å². The molecule has 0 spiro atoms. The number of halogens is 1. The Kier molecular flexibility index (Phi) is 2.01. The van der Waals surface area contributed by atoms with Crippen molar-refractivity contribution in [3.8, 4) is 17.3 Å². The van der Waals surface area contributed by atoms with Crippen LogP contribution in [0.4, 0.5) is 4.39 Å². The molecule has 0 aliphatic carbocycles. The van der Waals surface area contributed by atoms with E-state index in [4.69, 9.17) is 0 Å². The van der Waals surface area contributed by atoms with Crippen molar-refractivity contribution in [2.75, 3.05) is 0 Å². The van der Waals surface area contributed by atoms with Crippen molar-refractivity contribution in [1.82, 2.24) is 19.8 Å². The summed E-state index contributed by atoms with van der Waals surface area (Å²) in [5.41, 5.74) is 0.837. The van der Waals surface area contributed by atoms with E-state index < -0.39 is 5.82 Å². The van der Waals surface area contributed by atoms with E-state index in [0.29, 0.717) is 5.52 Å². The molecule has 5 nitrogen and oxygen atoms in total. The van der Waals surface area contributed by atoms with Crippen molar-refractivity contribution >= 4 is 5.52 Å². The average molecular weight is 230 g/mol. The summed E-state index contributed by atoms with van der Waals surface area (Å²) < 4.78 is 15.0. The topological polar surface area (TPSA) is 63.3 Å². The minimum absolute atomic E-state index is 0.155. The first kappa shape index (κ1) is 9.71. The fourth-order valence-electron chi connectivity index (χ4n) is 1.64. The maximum absolute atomic E-state index is 13.6. The van der Waals surface area contributed by atoms with Crippen LogP contribution in [0.5, 0.6) is 5.88 Å². The quantitative estimate of drug-likeness (QED) is 0.690. The van der Waals surface area contributed by atoms with Gasteiger partial charge >= 0.3 is 0 Å². The Morgan fingerprint density at radius 1 is 1.24 bits per heavy atom. The zero-order chi connectivity index (χ0) is 11.8. The van der Waals surface area contributed by atoms with E-state index in [2.05, 4.69) is 15.3 Å². The SMILES string of the molecule is Oc1cc2cnnc(-c3ccccc3F)n2n1. The van der Waals surface area contributed by atoms with Crippen LogP contribution < -0.4 is 0 Å². The van der Waals surface area contributed by atoms with Gasteiger partial charge in [-0.3, -0.25) is 0 Å². The highest BCUT2D eigenvalue weighted by Crippen LogP contribution is 2.21. The van der Waals surface area contributed by atoms with Crippen LogP contribution in [0.1, 0.15) is 0 Å².